The Morgan fingerprint density at radius 3 is 2.48 bits per heavy atom. The first-order chi connectivity index (χ1) is 13.9. The maximum Gasteiger partial charge on any atom is 0.295 e. The lowest BCUT2D eigenvalue weighted by Crippen LogP contribution is -2.30. The summed E-state index contributed by atoms with van der Waals surface area (Å²) in [5.74, 6) is -0.561. The standard InChI is InChI=1S/C23H27NO4S/c1-5-10-24-19(22-14(3)9-12-29-22)18(21(26)23(24)27)20(25)16-7-8-17(15(4)13-16)28-11-6-2/h7-9,12-13,19,25H,5-6,10-11H2,1-4H3/b20-18-. The van der Waals surface area contributed by atoms with Crippen molar-refractivity contribution in [2.24, 2.45) is 0 Å². The number of carbonyl (C=O) groups is 2. The number of hydrogen-bond acceptors (Lipinski definition) is 5. The summed E-state index contributed by atoms with van der Waals surface area (Å²) in [6.45, 7) is 8.95. The highest BCUT2D eigenvalue weighted by atomic mass is 32.1. The van der Waals surface area contributed by atoms with E-state index in [9.17, 15) is 14.7 Å². The summed E-state index contributed by atoms with van der Waals surface area (Å²) in [6.07, 6.45) is 1.64. The lowest BCUT2D eigenvalue weighted by molar-refractivity contribution is -0.139. The molecule has 1 fully saturated rings. The Kier molecular flexibility index (Phi) is 6.42. The highest BCUT2D eigenvalue weighted by molar-refractivity contribution is 7.10. The van der Waals surface area contributed by atoms with E-state index in [-0.39, 0.29) is 11.3 Å². The Hall–Kier alpha value is -2.60. The Labute approximate surface area is 175 Å². The second kappa shape index (κ2) is 8.82. The molecule has 1 aliphatic heterocycles. The van der Waals surface area contributed by atoms with Gasteiger partial charge < -0.3 is 14.7 Å². The fraction of sp³-hybridized carbons (Fsp3) is 0.391. The normalized spacial score (nSPS) is 18.5. The van der Waals surface area contributed by atoms with Crippen molar-refractivity contribution >= 4 is 28.8 Å². The SMILES string of the molecule is CCCOc1ccc(/C(O)=C2/C(=O)C(=O)N(CCC)C2c2sccc2C)cc1C. The minimum Gasteiger partial charge on any atom is -0.507 e. The van der Waals surface area contributed by atoms with Crippen LogP contribution in [0.25, 0.3) is 5.76 Å². The molecule has 0 aliphatic carbocycles. The van der Waals surface area contributed by atoms with Crippen LogP contribution in [0.5, 0.6) is 5.75 Å². The van der Waals surface area contributed by atoms with Crippen LogP contribution in [0.1, 0.15) is 54.3 Å². The number of aliphatic hydroxyl groups is 1. The molecule has 2 heterocycles. The number of aliphatic hydroxyl groups excluding tert-OH is 1. The first-order valence-electron chi connectivity index (χ1n) is 9.96. The Morgan fingerprint density at radius 1 is 1.14 bits per heavy atom. The second-order valence-electron chi connectivity index (χ2n) is 7.29. The van der Waals surface area contributed by atoms with E-state index in [4.69, 9.17) is 4.74 Å². The molecular weight excluding hydrogens is 386 g/mol. The molecule has 1 unspecified atom stereocenters. The zero-order chi connectivity index (χ0) is 21.1. The van der Waals surface area contributed by atoms with Crippen LogP contribution < -0.4 is 4.74 Å². The van der Waals surface area contributed by atoms with E-state index in [2.05, 4.69) is 0 Å². The van der Waals surface area contributed by atoms with Gasteiger partial charge in [-0.2, -0.15) is 0 Å². The number of thiophene rings is 1. The smallest absolute Gasteiger partial charge is 0.295 e. The summed E-state index contributed by atoms with van der Waals surface area (Å²) >= 11 is 1.50. The van der Waals surface area contributed by atoms with Crippen LogP contribution in [0.15, 0.2) is 35.2 Å². The molecular formula is C23H27NO4S. The monoisotopic (exact) mass is 413 g/mol. The molecule has 6 heteroatoms. The summed E-state index contributed by atoms with van der Waals surface area (Å²) in [7, 11) is 0. The zero-order valence-corrected chi connectivity index (χ0v) is 18.1. The van der Waals surface area contributed by atoms with Gasteiger partial charge in [-0.1, -0.05) is 13.8 Å². The lowest BCUT2D eigenvalue weighted by atomic mass is 9.97. The molecule has 29 heavy (non-hydrogen) atoms. The largest absolute Gasteiger partial charge is 0.507 e. The van der Waals surface area contributed by atoms with Crippen LogP contribution in [-0.4, -0.2) is 34.8 Å². The third-order valence-electron chi connectivity index (χ3n) is 5.06. The van der Waals surface area contributed by atoms with Gasteiger partial charge in [-0.3, -0.25) is 9.59 Å². The number of nitrogens with zero attached hydrogens (tertiary/aromatic N) is 1. The van der Waals surface area contributed by atoms with E-state index in [1.165, 1.54) is 11.3 Å². The topological polar surface area (TPSA) is 66.8 Å². The van der Waals surface area contributed by atoms with E-state index in [1.807, 2.05) is 39.1 Å². The predicted molar refractivity (Wildman–Crippen MR) is 115 cm³/mol. The molecule has 1 atom stereocenters. The van der Waals surface area contributed by atoms with Gasteiger partial charge in [-0.05, 0) is 67.5 Å². The number of benzene rings is 1. The van der Waals surface area contributed by atoms with Crippen LogP contribution in [-0.2, 0) is 9.59 Å². The van der Waals surface area contributed by atoms with Crippen molar-refractivity contribution in [1.29, 1.82) is 0 Å². The average Bonchev–Trinajstić information content (AvgIpc) is 3.22. The molecule has 1 aromatic heterocycles. The number of Topliss-reactive ketones (excluding diaryl/α,β-unsaturated/α-hetero) is 1. The third kappa shape index (κ3) is 3.94. The van der Waals surface area contributed by atoms with Gasteiger partial charge in [-0.25, -0.2) is 0 Å². The maximum absolute atomic E-state index is 12.9. The molecule has 3 rings (SSSR count). The lowest BCUT2D eigenvalue weighted by Gasteiger charge is -2.24. The van der Waals surface area contributed by atoms with Crippen molar-refractivity contribution in [1.82, 2.24) is 4.90 Å². The maximum atomic E-state index is 12.9. The zero-order valence-electron chi connectivity index (χ0n) is 17.3. The summed E-state index contributed by atoms with van der Waals surface area (Å²) < 4.78 is 5.70. The quantitative estimate of drug-likeness (QED) is 0.395. The molecule has 0 saturated carbocycles. The van der Waals surface area contributed by atoms with Gasteiger partial charge in [0.05, 0.1) is 18.2 Å². The molecule has 1 N–H and O–H groups in total. The number of ketones is 1. The molecule has 0 bridgehead atoms. The number of amides is 1. The number of hydrogen-bond donors (Lipinski definition) is 1. The van der Waals surface area contributed by atoms with Gasteiger partial charge in [0.1, 0.15) is 11.5 Å². The van der Waals surface area contributed by atoms with Crippen molar-refractivity contribution in [2.75, 3.05) is 13.2 Å². The molecule has 154 valence electrons. The van der Waals surface area contributed by atoms with E-state index in [0.29, 0.717) is 18.7 Å². The summed E-state index contributed by atoms with van der Waals surface area (Å²) in [6, 6.07) is 6.75. The molecule has 1 aliphatic rings. The molecule has 2 aromatic rings. The summed E-state index contributed by atoms with van der Waals surface area (Å²) in [5.41, 5.74) is 2.55. The molecule has 1 amide bonds. The van der Waals surface area contributed by atoms with Gasteiger partial charge in [0.15, 0.2) is 0 Å². The van der Waals surface area contributed by atoms with Crippen molar-refractivity contribution in [3.05, 3.63) is 56.8 Å². The molecule has 0 spiro atoms. The number of aryl methyl sites for hydroxylation is 2. The molecule has 1 saturated heterocycles. The van der Waals surface area contributed by atoms with Crippen LogP contribution in [0.2, 0.25) is 0 Å². The average molecular weight is 414 g/mol. The number of likely N-dealkylation sites (tertiary alicyclic amines) is 1. The van der Waals surface area contributed by atoms with Gasteiger partial charge >= 0.3 is 0 Å². The van der Waals surface area contributed by atoms with Gasteiger partial charge in [-0.15, -0.1) is 11.3 Å². The van der Waals surface area contributed by atoms with Crippen molar-refractivity contribution in [2.45, 2.75) is 46.6 Å². The number of carbonyl (C=O) groups excluding carboxylic acids is 2. The van der Waals surface area contributed by atoms with Gasteiger partial charge in [0.2, 0.25) is 0 Å². The first kappa shape index (κ1) is 21.1. The summed E-state index contributed by atoms with van der Waals surface area (Å²) in [5, 5.41) is 13.0. The number of rotatable bonds is 7. The molecule has 1 aromatic carbocycles. The highest BCUT2D eigenvalue weighted by Crippen LogP contribution is 2.42. The van der Waals surface area contributed by atoms with Gasteiger partial charge in [0.25, 0.3) is 11.7 Å². The van der Waals surface area contributed by atoms with Crippen molar-refractivity contribution < 1.29 is 19.4 Å². The minimum absolute atomic E-state index is 0.134. The first-order valence-corrected chi connectivity index (χ1v) is 10.8. The number of ether oxygens (including phenoxy) is 1. The minimum atomic E-state index is -0.627. The van der Waals surface area contributed by atoms with Crippen molar-refractivity contribution in [3.63, 3.8) is 0 Å². The second-order valence-corrected chi connectivity index (χ2v) is 8.24. The van der Waals surface area contributed by atoms with E-state index in [0.717, 1.165) is 34.6 Å². The van der Waals surface area contributed by atoms with Crippen LogP contribution in [0.3, 0.4) is 0 Å². The molecule has 0 radical (unpaired) electrons. The van der Waals surface area contributed by atoms with Gasteiger partial charge in [0, 0.05) is 17.0 Å². The van der Waals surface area contributed by atoms with Crippen LogP contribution in [0.4, 0.5) is 0 Å². The third-order valence-corrected chi connectivity index (χ3v) is 6.14. The Balaban J connectivity index is 2.10. The highest BCUT2D eigenvalue weighted by Gasteiger charge is 2.46. The fourth-order valence-corrected chi connectivity index (χ4v) is 4.66. The van der Waals surface area contributed by atoms with E-state index >= 15 is 0 Å². The van der Waals surface area contributed by atoms with E-state index in [1.54, 1.807) is 23.1 Å². The van der Waals surface area contributed by atoms with E-state index < -0.39 is 17.7 Å². The van der Waals surface area contributed by atoms with Crippen LogP contribution >= 0.6 is 11.3 Å². The Bertz CT molecular complexity index is 960. The Morgan fingerprint density at radius 2 is 1.90 bits per heavy atom. The van der Waals surface area contributed by atoms with Crippen LogP contribution in [0, 0.1) is 13.8 Å². The van der Waals surface area contributed by atoms with Crippen molar-refractivity contribution in [3.8, 4) is 5.75 Å². The molecule has 5 nitrogen and oxygen atoms in total. The predicted octanol–water partition coefficient (Wildman–Crippen LogP) is 4.99. The fourth-order valence-electron chi connectivity index (χ4n) is 3.61. The summed E-state index contributed by atoms with van der Waals surface area (Å²) in [4.78, 5) is 28.1.